The van der Waals surface area contributed by atoms with Crippen LogP contribution in [0.25, 0.3) is 0 Å². The predicted octanol–water partition coefficient (Wildman–Crippen LogP) is 4.74. The zero-order valence-corrected chi connectivity index (χ0v) is 13.1. The summed E-state index contributed by atoms with van der Waals surface area (Å²) in [5, 5.41) is 10.1. The minimum absolute atomic E-state index is 0.248. The van der Waals surface area contributed by atoms with E-state index in [1.54, 1.807) is 7.11 Å². The summed E-state index contributed by atoms with van der Waals surface area (Å²) in [4.78, 5) is 0. The molecule has 0 amide bonds. The molecule has 0 aliphatic rings. The number of hydrogen-bond acceptors (Lipinski definition) is 2. The standard InChI is InChI=1S/C18H30O2/c1-3-4-5-6-7-8-9-13-17(19)15-16-12-10-11-14-18(16)20-2/h10-12,14,17,19H,3-9,13,15H2,1-2H3. The van der Waals surface area contributed by atoms with Crippen LogP contribution >= 0.6 is 0 Å². The second kappa shape index (κ2) is 10.7. The van der Waals surface area contributed by atoms with Crippen LogP contribution in [0.2, 0.25) is 0 Å². The van der Waals surface area contributed by atoms with Gasteiger partial charge in [0, 0.05) is 6.42 Å². The van der Waals surface area contributed by atoms with Crippen molar-refractivity contribution in [2.24, 2.45) is 0 Å². The van der Waals surface area contributed by atoms with Crippen molar-refractivity contribution in [3.8, 4) is 5.75 Å². The largest absolute Gasteiger partial charge is 0.496 e. The predicted molar refractivity (Wildman–Crippen MR) is 85.3 cm³/mol. The highest BCUT2D eigenvalue weighted by Crippen LogP contribution is 2.20. The maximum atomic E-state index is 10.1. The van der Waals surface area contributed by atoms with E-state index in [0.29, 0.717) is 6.42 Å². The molecular weight excluding hydrogens is 248 g/mol. The molecule has 1 atom stereocenters. The number of hydrogen-bond donors (Lipinski definition) is 1. The van der Waals surface area contributed by atoms with E-state index in [1.807, 2.05) is 24.3 Å². The number of aliphatic hydroxyl groups excluding tert-OH is 1. The van der Waals surface area contributed by atoms with Gasteiger partial charge in [-0.15, -0.1) is 0 Å². The molecule has 1 N–H and O–H groups in total. The van der Waals surface area contributed by atoms with Gasteiger partial charge >= 0.3 is 0 Å². The third-order valence-corrected chi connectivity index (χ3v) is 3.79. The summed E-state index contributed by atoms with van der Waals surface area (Å²) in [5.41, 5.74) is 1.10. The maximum Gasteiger partial charge on any atom is 0.122 e. The van der Waals surface area contributed by atoms with Crippen molar-refractivity contribution in [3.05, 3.63) is 29.8 Å². The smallest absolute Gasteiger partial charge is 0.122 e. The summed E-state index contributed by atoms with van der Waals surface area (Å²) in [7, 11) is 1.68. The molecule has 0 bridgehead atoms. The minimum Gasteiger partial charge on any atom is -0.496 e. The first-order valence-electron chi connectivity index (χ1n) is 8.08. The molecule has 0 aliphatic carbocycles. The van der Waals surface area contributed by atoms with Gasteiger partial charge in [0.15, 0.2) is 0 Å². The fraction of sp³-hybridized carbons (Fsp3) is 0.667. The topological polar surface area (TPSA) is 29.5 Å². The van der Waals surface area contributed by atoms with Crippen LogP contribution in [-0.4, -0.2) is 18.3 Å². The Morgan fingerprint density at radius 3 is 2.35 bits per heavy atom. The number of ether oxygens (including phenoxy) is 1. The molecule has 0 fully saturated rings. The molecule has 2 heteroatoms. The summed E-state index contributed by atoms with van der Waals surface area (Å²) in [6.07, 6.45) is 10.4. The van der Waals surface area contributed by atoms with Gasteiger partial charge in [-0.25, -0.2) is 0 Å². The zero-order valence-electron chi connectivity index (χ0n) is 13.1. The van der Waals surface area contributed by atoms with Gasteiger partial charge in [0.25, 0.3) is 0 Å². The molecule has 0 saturated heterocycles. The lowest BCUT2D eigenvalue weighted by Crippen LogP contribution is -2.11. The normalized spacial score (nSPS) is 12.3. The molecule has 0 aromatic heterocycles. The summed E-state index contributed by atoms with van der Waals surface area (Å²) in [6, 6.07) is 7.95. The molecule has 20 heavy (non-hydrogen) atoms. The molecular formula is C18H30O2. The average molecular weight is 278 g/mol. The SMILES string of the molecule is CCCCCCCCCC(O)Cc1ccccc1OC. The van der Waals surface area contributed by atoms with E-state index in [2.05, 4.69) is 6.92 Å². The van der Waals surface area contributed by atoms with Crippen LogP contribution in [0, 0.1) is 0 Å². The van der Waals surface area contributed by atoms with Crippen LogP contribution < -0.4 is 4.74 Å². The first-order chi connectivity index (χ1) is 9.77. The van der Waals surface area contributed by atoms with Crippen LogP contribution in [0.5, 0.6) is 5.75 Å². The second-order valence-corrected chi connectivity index (χ2v) is 5.58. The molecule has 0 radical (unpaired) electrons. The van der Waals surface area contributed by atoms with Gasteiger partial charge in [-0.05, 0) is 18.1 Å². The Morgan fingerprint density at radius 2 is 1.65 bits per heavy atom. The average Bonchev–Trinajstić information content (AvgIpc) is 2.47. The molecule has 1 aromatic carbocycles. The lowest BCUT2D eigenvalue weighted by molar-refractivity contribution is 0.160. The van der Waals surface area contributed by atoms with Gasteiger partial charge in [0.2, 0.25) is 0 Å². The maximum absolute atomic E-state index is 10.1. The van der Waals surface area contributed by atoms with Crippen LogP contribution in [0.4, 0.5) is 0 Å². The summed E-state index contributed by atoms with van der Waals surface area (Å²) in [5.74, 6) is 0.881. The highest BCUT2D eigenvalue weighted by atomic mass is 16.5. The van der Waals surface area contributed by atoms with Crippen molar-refractivity contribution in [2.45, 2.75) is 70.8 Å². The summed E-state index contributed by atoms with van der Waals surface area (Å²) in [6.45, 7) is 2.24. The van der Waals surface area contributed by atoms with E-state index in [-0.39, 0.29) is 6.10 Å². The van der Waals surface area contributed by atoms with E-state index in [1.165, 1.54) is 38.5 Å². The van der Waals surface area contributed by atoms with E-state index in [9.17, 15) is 5.11 Å². The van der Waals surface area contributed by atoms with Gasteiger partial charge in [-0.1, -0.05) is 70.1 Å². The lowest BCUT2D eigenvalue weighted by atomic mass is 10.0. The van der Waals surface area contributed by atoms with Gasteiger partial charge in [-0.2, -0.15) is 0 Å². The third-order valence-electron chi connectivity index (χ3n) is 3.79. The van der Waals surface area contributed by atoms with Crippen LogP contribution in [0.15, 0.2) is 24.3 Å². The van der Waals surface area contributed by atoms with Crippen molar-refractivity contribution in [2.75, 3.05) is 7.11 Å². The minimum atomic E-state index is -0.248. The fourth-order valence-corrected chi connectivity index (χ4v) is 2.56. The molecule has 1 unspecified atom stereocenters. The number of methoxy groups -OCH3 is 1. The monoisotopic (exact) mass is 278 g/mol. The van der Waals surface area contributed by atoms with Crippen molar-refractivity contribution < 1.29 is 9.84 Å². The van der Waals surface area contributed by atoms with Gasteiger partial charge in [0.1, 0.15) is 5.75 Å². The molecule has 0 heterocycles. The van der Waals surface area contributed by atoms with Crippen molar-refractivity contribution in [1.82, 2.24) is 0 Å². The van der Waals surface area contributed by atoms with Crippen molar-refractivity contribution in [1.29, 1.82) is 0 Å². The van der Waals surface area contributed by atoms with Gasteiger partial charge < -0.3 is 9.84 Å². The Balaban J connectivity index is 2.15. The Labute approximate surface area is 124 Å². The second-order valence-electron chi connectivity index (χ2n) is 5.58. The molecule has 2 nitrogen and oxygen atoms in total. The quantitative estimate of drug-likeness (QED) is 0.592. The first-order valence-corrected chi connectivity index (χ1v) is 8.08. The van der Waals surface area contributed by atoms with E-state index in [4.69, 9.17) is 4.74 Å². The van der Waals surface area contributed by atoms with Gasteiger partial charge in [0.05, 0.1) is 13.2 Å². The number of para-hydroxylation sites is 1. The lowest BCUT2D eigenvalue weighted by Gasteiger charge is -2.13. The molecule has 0 saturated carbocycles. The Bertz CT molecular complexity index is 349. The van der Waals surface area contributed by atoms with Crippen molar-refractivity contribution in [3.63, 3.8) is 0 Å². The summed E-state index contributed by atoms with van der Waals surface area (Å²) < 4.78 is 5.32. The van der Waals surface area contributed by atoms with E-state index >= 15 is 0 Å². The third kappa shape index (κ3) is 6.95. The highest BCUT2D eigenvalue weighted by Gasteiger charge is 2.09. The number of benzene rings is 1. The molecule has 0 spiro atoms. The molecule has 0 aliphatic heterocycles. The van der Waals surface area contributed by atoms with Gasteiger partial charge in [-0.3, -0.25) is 0 Å². The molecule has 1 rings (SSSR count). The Morgan fingerprint density at radius 1 is 1.00 bits per heavy atom. The fourth-order valence-electron chi connectivity index (χ4n) is 2.56. The zero-order chi connectivity index (χ0) is 14.6. The first kappa shape index (κ1) is 17.0. The highest BCUT2D eigenvalue weighted by molar-refractivity contribution is 5.33. The number of aliphatic hydroxyl groups is 1. The summed E-state index contributed by atoms with van der Waals surface area (Å²) >= 11 is 0. The molecule has 114 valence electrons. The Kier molecular flexibility index (Phi) is 9.14. The Hall–Kier alpha value is -1.02. The van der Waals surface area contributed by atoms with E-state index in [0.717, 1.165) is 24.2 Å². The van der Waals surface area contributed by atoms with E-state index < -0.39 is 0 Å². The van der Waals surface area contributed by atoms with Crippen LogP contribution in [-0.2, 0) is 6.42 Å². The van der Waals surface area contributed by atoms with Crippen molar-refractivity contribution >= 4 is 0 Å². The van der Waals surface area contributed by atoms with Crippen LogP contribution in [0.1, 0.15) is 63.9 Å². The number of unbranched alkanes of at least 4 members (excludes halogenated alkanes) is 6. The molecule has 1 aromatic rings. The number of rotatable bonds is 11. The van der Waals surface area contributed by atoms with Crippen LogP contribution in [0.3, 0.4) is 0 Å².